The van der Waals surface area contributed by atoms with Crippen LogP contribution in [-0.2, 0) is 19.4 Å². The van der Waals surface area contributed by atoms with Crippen LogP contribution in [0.3, 0.4) is 0 Å². The van der Waals surface area contributed by atoms with Gasteiger partial charge in [0.15, 0.2) is 5.96 Å². The molecule has 0 spiro atoms. The van der Waals surface area contributed by atoms with Crippen molar-refractivity contribution in [3.63, 3.8) is 0 Å². The Morgan fingerprint density at radius 3 is 2.52 bits per heavy atom. The summed E-state index contributed by atoms with van der Waals surface area (Å²) in [5, 5.41) is 8.89. The lowest BCUT2D eigenvalue weighted by Crippen LogP contribution is -2.38. The summed E-state index contributed by atoms with van der Waals surface area (Å²) in [5.74, 6) is 0.848. The van der Waals surface area contributed by atoms with Crippen LogP contribution >= 0.6 is 46.7 Å². The molecular formula is C15H24IN5S2. The van der Waals surface area contributed by atoms with Crippen molar-refractivity contribution in [3.05, 3.63) is 32.2 Å². The van der Waals surface area contributed by atoms with Crippen molar-refractivity contribution in [1.29, 1.82) is 0 Å². The highest BCUT2D eigenvalue weighted by Gasteiger charge is 2.03. The summed E-state index contributed by atoms with van der Waals surface area (Å²) >= 11 is 3.48. The van der Waals surface area contributed by atoms with E-state index in [9.17, 15) is 0 Å². The van der Waals surface area contributed by atoms with Gasteiger partial charge in [-0.2, -0.15) is 0 Å². The monoisotopic (exact) mass is 465 g/mol. The molecule has 0 saturated heterocycles. The van der Waals surface area contributed by atoms with Gasteiger partial charge in [-0.05, 0) is 20.3 Å². The van der Waals surface area contributed by atoms with E-state index in [1.807, 2.05) is 19.3 Å². The second kappa shape index (κ2) is 10.9. The molecule has 0 radical (unpaired) electrons. The fourth-order valence-electron chi connectivity index (χ4n) is 1.89. The van der Waals surface area contributed by atoms with Crippen LogP contribution in [0.1, 0.15) is 33.6 Å². The van der Waals surface area contributed by atoms with Gasteiger partial charge in [0.05, 0.1) is 16.6 Å². The lowest BCUT2D eigenvalue weighted by Gasteiger charge is -2.10. The SMILES string of the molecule is CCNC(=NCc1cnc(C)s1)NCCc1ncc(CC)s1.I. The number of aromatic nitrogens is 2. The van der Waals surface area contributed by atoms with Crippen molar-refractivity contribution in [2.75, 3.05) is 13.1 Å². The van der Waals surface area contributed by atoms with Crippen LogP contribution in [0, 0.1) is 6.92 Å². The average Bonchev–Trinajstić information content (AvgIpc) is 3.13. The molecule has 2 aromatic heterocycles. The molecule has 0 saturated carbocycles. The number of aliphatic imine (C=N–C) groups is 1. The van der Waals surface area contributed by atoms with Crippen molar-refractivity contribution >= 4 is 52.6 Å². The molecule has 0 aliphatic rings. The molecule has 0 bridgehead atoms. The molecule has 0 unspecified atom stereocenters. The van der Waals surface area contributed by atoms with Gasteiger partial charge < -0.3 is 10.6 Å². The van der Waals surface area contributed by atoms with Gasteiger partial charge in [-0.3, -0.25) is 0 Å². The van der Waals surface area contributed by atoms with Crippen LogP contribution in [0.25, 0.3) is 0 Å². The summed E-state index contributed by atoms with van der Waals surface area (Å²) in [6.45, 7) is 8.60. The van der Waals surface area contributed by atoms with Gasteiger partial charge >= 0.3 is 0 Å². The summed E-state index contributed by atoms with van der Waals surface area (Å²) in [7, 11) is 0. The smallest absolute Gasteiger partial charge is 0.191 e. The van der Waals surface area contributed by atoms with Gasteiger partial charge in [0.2, 0.25) is 0 Å². The topological polar surface area (TPSA) is 62.2 Å². The second-order valence-electron chi connectivity index (χ2n) is 4.79. The van der Waals surface area contributed by atoms with Crippen LogP contribution in [0.4, 0.5) is 0 Å². The first-order chi connectivity index (χ1) is 10.7. The Morgan fingerprint density at radius 1 is 1.13 bits per heavy atom. The molecule has 0 aliphatic heterocycles. The Kier molecular flexibility index (Phi) is 9.65. The van der Waals surface area contributed by atoms with Crippen molar-refractivity contribution in [2.45, 2.75) is 40.2 Å². The molecule has 0 aliphatic carbocycles. The Balaban J connectivity index is 0.00000264. The van der Waals surface area contributed by atoms with Gasteiger partial charge in [0.25, 0.3) is 0 Å². The van der Waals surface area contributed by atoms with Crippen molar-refractivity contribution in [3.8, 4) is 0 Å². The second-order valence-corrected chi connectivity index (χ2v) is 7.31. The number of thiazole rings is 2. The van der Waals surface area contributed by atoms with Crippen molar-refractivity contribution < 1.29 is 0 Å². The van der Waals surface area contributed by atoms with Crippen LogP contribution in [0.5, 0.6) is 0 Å². The van der Waals surface area contributed by atoms with E-state index >= 15 is 0 Å². The standard InChI is InChI=1S/C15H23N5S2.HI/c1-4-12-8-19-14(22-12)6-7-17-15(16-5-2)20-10-13-9-18-11(3)21-13;/h8-9H,4-7,10H2,1-3H3,(H2,16,17,20);1H. The first kappa shape index (κ1) is 20.3. The van der Waals surface area contributed by atoms with Crippen molar-refractivity contribution in [2.24, 2.45) is 4.99 Å². The first-order valence-electron chi connectivity index (χ1n) is 7.58. The fourth-order valence-corrected chi connectivity index (χ4v) is 3.47. The number of nitrogens with one attached hydrogen (secondary N) is 2. The maximum Gasteiger partial charge on any atom is 0.191 e. The first-order valence-corrected chi connectivity index (χ1v) is 9.21. The van der Waals surface area contributed by atoms with E-state index in [0.717, 1.165) is 36.9 Å². The van der Waals surface area contributed by atoms with Gasteiger partial charge in [-0.15, -0.1) is 46.7 Å². The van der Waals surface area contributed by atoms with Crippen LogP contribution < -0.4 is 10.6 Å². The maximum absolute atomic E-state index is 4.60. The lowest BCUT2D eigenvalue weighted by molar-refractivity contribution is 0.797. The third-order valence-electron chi connectivity index (χ3n) is 2.99. The molecule has 128 valence electrons. The highest BCUT2D eigenvalue weighted by molar-refractivity contribution is 14.0. The third kappa shape index (κ3) is 7.13. The molecule has 2 N–H and O–H groups in total. The van der Waals surface area contributed by atoms with E-state index in [0.29, 0.717) is 6.54 Å². The van der Waals surface area contributed by atoms with E-state index in [1.165, 1.54) is 14.8 Å². The molecule has 8 heteroatoms. The van der Waals surface area contributed by atoms with E-state index in [4.69, 9.17) is 0 Å². The molecule has 5 nitrogen and oxygen atoms in total. The molecule has 0 fully saturated rings. The summed E-state index contributed by atoms with van der Waals surface area (Å²) < 4.78 is 0. The molecular weight excluding hydrogens is 441 g/mol. The summed E-state index contributed by atoms with van der Waals surface area (Å²) in [5.41, 5.74) is 0. The number of guanidine groups is 1. The van der Waals surface area contributed by atoms with Gasteiger partial charge in [-0.25, -0.2) is 15.0 Å². The highest BCUT2D eigenvalue weighted by Crippen LogP contribution is 2.13. The maximum atomic E-state index is 4.60. The molecule has 23 heavy (non-hydrogen) atoms. The number of hydrogen-bond acceptors (Lipinski definition) is 5. The fraction of sp³-hybridized carbons (Fsp3) is 0.533. The quantitative estimate of drug-likeness (QED) is 0.374. The number of nitrogens with zero attached hydrogens (tertiary/aromatic N) is 3. The normalized spacial score (nSPS) is 11.2. The molecule has 2 heterocycles. The van der Waals surface area contributed by atoms with Gasteiger partial charge in [0.1, 0.15) is 0 Å². The Bertz CT molecular complexity index is 609. The zero-order valence-corrected chi connectivity index (χ0v) is 17.7. The summed E-state index contributed by atoms with van der Waals surface area (Å²) in [4.78, 5) is 15.8. The minimum absolute atomic E-state index is 0. The number of aryl methyl sites for hydroxylation is 2. The number of rotatable bonds is 7. The largest absolute Gasteiger partial charge is 0.357 e. The van der Waals surface area contributed by atoms with Gasteiger partial charge in [0, 0.05) is 41.7 Å². The molecule has 0 atom stereocenters. The predicted molar refractivity (Wildman–Crippen MR) is 110 cm³/mol. The molecule has 0 amide bonds. The third-order valence-corrected chi connectivity index (χ3v) is 5.09. The summed E-state index contributed by atoms with van der Waals surface area (Å²) in [6.07, 6.45) is 5.86. The van der Waals surface area contributed by atoms with E-state index in [-0.39, 0.29) is 24.0 Å². The Hall–Kier alpha value is -0.740. The molecule has 2 rings (SSSR count). The summed E-state index contributed by atoms with van der Waals surface area (Å²) in [6, 6.07) is 0. The van der Waals surface area contributed by atoms with Gasteiger partial charge in [-0.1, -0.05) is 6.92 Å². The molecule has 2 aromatic rings. The average molecular weight is 465 g/mol. The lowest BCUT2D eigenvalue weighted by atomic mass is 10.4. The zero-order chi connectivity index (χ0) is 15.8. The minimum Gasteiger partial charge on any atom is -0.357 e. The van der Waals surface area contributed by atoms with Crippen LogP contribution in [-0.4, -0.2) is 29.0 Å². The van der Waals surface area contributed by atoms with E-state index in [1.54, 1.807) is 22.7 Å². The van der Waals surface area contributed by atoms with Crippen LogP contribution in [0.2, 0.25) is 0 Å². The zero-order valence-electron chi connectivity index (χ0n) is 13.8. The Labute approximate surface area is 163 Å². The molecule has 0 aromatic carbocycles. The predicted octanol–water partition coefficient (Wildman–Crippen LogP) is 3.39. The highest BCUT2D eigenvalue weighted by atomic mass is 127. The van der Waals surface area contributed by atoms with E-state index in [2.05, 4.69) is 39.4 Å². The minimum atomic E-state index is 0. The van der Waals surface area contributed by atoms with Crippen molar-refractivity contribution in [1.82, 2.24) is 20.6 Å². The Morgan fingerprint density at radius 2 is 1.91 bits per heavy atom. The van der Waals surface area contributed by atoms with Crippen LogP contribution in [0.15, 0.2) is 17.4 Å². The number of hydrogen-bond donors (Lipinski definition) is 2. The van der Waals surface area contributed by atoms with E-state index < -0.39 is 0 Å². The number of halogens is 1.